The number of halogens is 1. The van der Waals surface area contributed by atoms with E-state index in [0.29, 0.717) is 10.8 Å². The fourth-order valence-corrected chi connectivity index (χ4v) is 1.73. The van der Waals surface area contributed by atoms with Crippen LogP contribution in [0, 0.1) is 11.3 Å². The van der Waals surface area contributed by atoms with Crippen LogP contribution in [-0.2, 0) is 5.41 Å². The predicted molar refractivity (Wildman–Crippen MR) is 54.5 cm³/mol. The molecule has 2 aromatic heterocycles. The van der Waals surface area contributed by atoms with Crippen molar-refractivity contribution in [2.45, 2.75) is 18.3 Å². The van der Waals surface area contributed by atoms with Gasteiger partial charge < -0.3 is 0 Å². The molecule has 0 spiro atoms. The van der Waals surface area contributed by atoms with E-state index in [1.165, 1.54) is 0 Å². The van der Waals surface area contributed by atoms with Gasteiger partial charge in [0.25, 0.3) is 0 Å². The molecule has 0 N–H and O–H groups in total. The number of nitriles is 1. The Bertz CT molecular complexity index is 577. The minimum atomic E-state index is -0.432. The third kappa shape index (κ3) is 1.20. The van der Waals surface area contributed by atoms with Crippen LogP contribution in [0.5, 0.6) is 0 Å². The minimum absolute atomic E-state index is 0.432. The highest BCUT2D eigenvalue weighted by atomic mass is 35.5. The fourth-order valence-electron chi connectivity index (χ4n) is 1.57. The summed E-state index contributed by atoms with van der Waals surface area (Å²) >= 11 is 5.84. The van der Waals surface area contributed by atoms with Crippen LogP contribution in [-0.4, -0.2) is 14.6 Å². The maximum Gasteiger partial charge on any atom is 0.171 e. The summed E-state index contributed by atoms with van der Waals surface area (Å²) in [6.07, 6.45) is 3.41. The van der Waals surface area contributed by atoms with E-state index in [4.69, 9.17) is 16.9 Å². The lowest BCUT2D eigenvalue weighted by Gasteiger charge is -1.94. The maximum atomic E-state index is 9.02. The van der Waals surface area contributed by atoms with Gasteiger partial charge in [-0.25, -0.2) is 9.50 Å². The van der Waals surface area contributed by atoms with Crippen molar-refractivity contribution in [3.05, 3.63) is 29.2 Å². The third-order valence-electron chi connectivity index (χ3n) is 2.69. The lowest BCUT2D eigenvalue weighted by molar-refractivity contribution is 0.784. The number of aromatic nitrogens is 3. The number of nitrogens with zero attached hydrogens (tertiary/aromatic N) is 4. The molecule has 1 fully saturated rings. The lowest BCUT2D eigenvalue weighted by Crippen LogP contribution is -2.05. The highest BCUT2D eigenvalue weighted by molar-refractivity contribution is 6.30. The molecule has 3 rings (SSSR count). The number of hydrogen-bond donors (Lipinski definition) is 0. The van der Waals surface area contributed by atoms with E-state index < -0.39 is 5.41 Å². The van der Waals surface area contributed by atoms with Gasteiger partial charge in [-0.3, -0.25) is 0 Å². The van der Waals surface area contributed by atoms with E-state index in [2.05, 4.69) is 16.2 Å². The zero-order chi connectivity index (χ0) is 10.5. The van der Waals surface area contributed by atoms with Crippen molar-refractivity contribution < 1.29 is 0 Å². The van der Waals surface area contributed by atoms with E-state index >= 15 is 0 Å². The molecule has 0 atom stereocenters. The first-order chi connectivity index (χ1) is 7.23. The Kier molecular flexibility index (Phi) is 1.57. The topological polar surface area (TPSA) is 54.0 Å². The molecular weight excluding hydrogens is 212 g/mol. The van der Waals surface area contributed by atoms with Gasteiger partial charge in [0.15, 0.2) is 11.5 Å². The molecular formula is C10H7ClN4. The second kappa shape index (κ2) is 2.71. The highest BCUT2D eigenvalue weighted by Crippen LogP contribution is 2.45. The average molecular weight is 219 g/mol. The Hall–Kier alpha value is -1.60. The van der Waals surface area contributed by atoms with E-state index in [1.807, 2.05) is 0 Å². The molecule has 0 aliphatic heterocycles. The van der Waals surface area contributed by atoms with Crippen LogP contribution in [0.25, 0.3) is 5.65 Å². The molecule has 1 saturated carbocycles. The summed E-state index contributed by atoms with van der Waals surface area (Å²) < 4.78 is 1.62. The summed E-state index contributed by atoms with van der Waals surface area (Å²) in [5, 5.41) is 13.9. The van der Waals surface area contributed by atoms with Crippen molar-refractivity contribution in [3.8, 4) is 6.07 Å². The molecule has 0 unspecified atom stereocenters. The van der Waals surface area contributed by atoms with Crippen molar-refractivity contribution in [3.63, 3.8) is 0 Å². The largest absolute Gasteiger partial charge is 0.219 e. The number of fused-ring (bicyclic) bond motifs is 1. The first-order valence-corrected chi connectivity index (χ1v) is 5.05. The molecule has 1 aliphatic rings. The molecule has 5 heteroatoms. The van der Waals surface area contributed by atoms with Crippen molar-refractivity contribution >= 4 is 17.2 Å². The normalized spacial score (nSPS) is 17.6. The highest BCUT2D eigenvalue weighted by Gasteiger charge is 2.48. The van der Waals surface area contributed by atoms with Crippen LogP contribution in [0.3, 0.4) is 0 Å². The Morgan fingerprint density at radius 2 is 2.27 bits per heavy atom. The SMILES string of the molecule is N#CC1(c2nc3ccc(Cl)cn3n2)CC1. The summed E-state index contributed by atoms with van der Waals surface area (Å²) in [5.74, 6) is 0.618. The molecule has 15 heavy (non-hydrogen) atoms. The van der Waals surface area contributed by atoms with Gasteiger partial charge >= 0.3 is 0 Å². The van der Waals surface area contributed by atoms with Crippen LogP contribution in [0.1, 0.15) is 18.7 Å². The molecule has 0 saturated heterocycles. The van der Waals surface area contributed by atoms with Gasteiger partial charge in [0.2, 0.25) is 0 Å². The fraction of sp³-hybridized carbons (Fsp3) is 0.300. The molecule has 2 heterocycles. The smallest absolute Gasteiger partial charge is 0.171 e. The molecule has 2 aromatic rings. The van der Waals surface area contributed by atoms with Gasteiger partial charge in [-0.15, -0.1) is 5.10 Å². The molecule has 0 aromatic carbocycles. The number of pyridine rings is 1. The van der Waals surface area contributed by atoms with Crippen molar-refractivity contribution in [1.82, 2.24) is 14.6 Å². The molecule has 0 radical (unpaired) electrons. The summed E-state index contributed by atoms with van der Waals surface area (Å²) in [4.78, 5) is 4.33. The second-order valence-corrected chi connectivity index (χ2v) is 4.22. The van der Waals surface area contributed by atoms with Crippen LogP contribution in [0.15, 0.2) is 18.3 Å². The first-order valence-electron chi connectivity index (χ1n) is 4.67. The molecule has 0 bridgehead atoms. The van der Waals surface area contributed by atoms with Gasteiger partial charge in [-0.2, -0.15) is 5.26 Å². The van der Waals surface area contributed by atoms with Gasteiger partial charge in [-0.1, -0.05) is 11.6 Å². The van der Waals surface area contributed by atoms with E-state index in [-0.39, 0.29) is 0 Å². The van der Waals surface area contributed by atoms with Crippen molar-refractivity contribution in [2.24, 2.45) is 0 Å². The average Bonchev–Trinajstić information content (AvgIpc) is 2.93. The maximum absolute atomic E-state index is 9.02. The number of hydrogen-bond acceptors (Lipinski definition) is 3. The van der Waals surface area contributed by atoms with Gasteiger partial charge in [0.05, 0.1) is 11.1 Å². The third-order valence-corrected chi connectivity index (χ3v) is 2.91. The zero-order valence-corrected chi connectivity index (χ0v) is 8.57. The molecule has 4 nitrogen and oxygen atoms in total. The monoisotopic (exact) mass is 218 g/mol. The molecule has 74 valence electrons. The quantitative estimate of drug-likeness (QED) is 0.735. The van der Waals surface area contributed by atoms with E-state index in [0.717, 1.165) is 18.5 Å². The standard InChI is InChI=1S/C10H7ClN4/c11-7-1-2-8-13-9(14-15(8)5-7)10(6-12)3-4-10/h1-2,5H,3-4H2. The zero-order valence-electron chi connectivity index (χ0n) is 7.81. The molecule has 1 aliphatic carbocycles. The predicted octanol–water partition coefficient (Wildman–Crippen LogP) is 1.94. The second-order valence-electron chi connectivity index (χ2n) is 3.78. The first kappa shape index (κ1) is 8.69. The summed E-state index contributed by atoms with van der Waals surface area (Å²) in [5.41, 5.74) is 0.300. The Morgan fingerprint density at radius 1 is 1.47 bits per heavy atom. The summed E-state index contributed by atoms with van der Waals surface area (Å²) in [6, 6.07) is 5.84. The Labute approximate surface area is 91.1 Å². The minimum Gasteiger partial charge on any atom is -0.219 e. The van der Waals surface area contributed by atoms with E-state index in [1.54, 1.807) is 22.8 Å². The lowest BCUT2D eigenvalue weighted by atomic mass is 10.1. The number of rotatable bonds is 1. The van der Waals surface area contributed by atoms with Gasteiger partial charge in [0, 0.05) is 6.20 Å². The molecule has 0 amide bonds. The summed E-state index contributed by atoms with van der Waals surface area (Å²) in [6.45, 7) is 0. The summed E-state index contributed by atoms with van der Waals surface area (Å²) in [7, 11) is 0. The van der Waals surface area contributed by atoms with E-state index in [9.17, 15) is 0 Å². The Morgan fingerprint density at radius 3 is 2.93 bits per heavy atom. The van der Waals surface area contributed by atoms with Crippen LogP contribution < -0.4 is 0 Å². The van der Waals surface area contributed by atoms with Crippen molar-refractivity contribution in [1.29, 1.82) is 5.26 Å². The van der Waals surface area contributed by atoms with Gasteiger partial charge in [-0.05, 0) is 25.0 Å². The van der Waals surface area contributed by atoms with Crippen LogP contribution >= 0.6 is 11.6 Å². The van der Waals surface area contributed by atoms with Gasteiger partial charge in [0.1, 0.15) is 5.41 Å². The van der Waals surface area contributed by atoms with Crippen molar-refractivity contribution in [2.75, 3.05) is 0 Å². The Balaban J connectivity index is 2.19. The van der Waals surface area contributed by atoms with Crippen LogP contribution in [0.4, 0.5) is 0 Å². The van der Waals surface area contributed by atoms with Crippen LogP contribution in [0.2, 0.25) is 5.02 Å².